The standard InChI is InChI=1S/C15H22ClN/c1-11(2)12-8-15(9-12,10-17-3)13-6-4-5-7-14(13)16/h4-7,11-12,17H,8-10H2,1-3H3. The summed E-state index contributed by atoms with van der Waals surface area (Å²) in [5.41, 5.74) is 1.59. The summed E-state index contributed by atoms with van der Waals surface area (Å²) in [6, 6.07) is 8.31. The van der Waals surface area contributed by atoms with Crippen LogP contribution in [0.3, 0.4) is 0 Å². The van der Waals surface area contributed by atoms with Crippen molar-refractivity contribution in [3.8, 4) is 0 Å². The summed E-state index contributed by atoms with van der Waals surface area (Å²) in [6.45, 7) is 5.67. The summed E-state index contributed by atoms with van der Waals surface area (Å²) in [5, 5.41) is 4.26. The zero-order valence-corrected chi connectivity index (χ0v) is 11.7. The van der Waals surface area contributed by atoms with Gasteiger partial charge in [-0.2, -0.15) is 0 Å². The van der Waals surface area contributed by atoms with Crippen LogP contribution in [0, 0.1) is 11.8 Å². The van der Waals surface area contributed by atoms with Crippen LogP contribution in [-0.2, 0) is 5.41 Å². The van der Waals surface area contributed by atoms with Crippen molar-refractivity contribution in [3.63, 3.8) is 0 Å². The lowest BCUT2D eigenvalue weighted by atomic mass is 9.56. The third-order valence-corrected chi connectivity index (χ3v) is 4.54. The molecule has 0 bridgehead atoms. The first-order chi connectivity index (χ1) is 8.09. The van der Waals surface area contributed by atoms with E-state index in [1.54, 1.807) is 0 Å². The van der Waals surface area contributed by atoms with E-state index in [-0.39, 0.29) is 5.41 Å². The van der Waals surface area contributed by atoms with Gasteiger partial charge < -0.3 is 5.32 Å². The summed E-state index contributed by atoms with van der Waals surface area (Å²) in [5.74, 6) is 1.63. The fourth-order valence-electron chi connectivity index (χ4n) is 3.10. The molecule has 1 aromatic carbocycles. The van der Waals surface area contributed by atoms with Crippen LogP contribution in [0.25, 0.3) is 0 Å². The van der Waals surface area contributed by atoms with Crippen molar-refractivity contribution in [2.75, 3.05) is 13.6 Å². The number of halogens is 1. The smallest absolute Gasteiger partial charge is 0.0444 e. The van der Waals surface area contributed by atoms with Crippen molar-refractivity contribution in [3.05, 3.63) is 34.9 Å². The first kappa shape index (κ1) is 12.9. The van der Waals surface area contributed by atoms with Gasteiger partial charge in [-0.15, -0.1) is 0 Å². The van der Waals surface area contributed by atoms with Crippen LogP contribution in [0.15, 0.2) is 24.3 Å². The van der Waals surface area contributed by atoms with Crippen LogP contribution in [0.1, 0.15) is 32.3 Å². The minimum Gasteiger partial charge on any atom is -0.319 e. The summed E-state index contributed by atoms with van der Waals surface area (Å²) in [7, 11) is 2.03. The minimum atomic E-state index is 0.266. The average molecular weight is 252 g/mol. The molecule has 1 nitrogen and oxygen atoms in total. The molecule has 0 unspecified atom stereocenters. The van der Waals surface area contributed by atoms with Gasteiger partial charge in [0, 0.05) is 17.0 Å². The Labute approximate surface area is 110 Å². The Balaban J connectivity index is 2.23. The maximum atomic E-state index is 6.36. The van der Waals surface area contributed by atoms with Crippen molar-refractivity contribution < 1.29 is 0 Å². The zero-order valence-electron chi connectivity index (χ0n) is 11.0. The lowest BCUT2D eigenvalue weighted by molar-refractivity contribution is 0.0997. The van der Waals surface area contributed by atoms with Gasteiger partial charge in [-0.1, -0.05) is 43.6 Å². The van der Waals surface area contributed by atoms with Crippen LogP contribution in [0.2, 0.25) is 5.02 Å². The summed E-state index contributed by atoms with van der Waals surface area (Å²) in [6.07, 6.45) is 2.52. The molecule has 1 aliphatic carbocycles. The number of benzene rings is 1. The maximum absolute atomic E-state index is 6.36. The van der Waals surface area contributed by atoms with E-state index in [0.29, 0.717) is 0 Å². The Morgan fingerprint density at radius 3 is 2.53 bits per heavy atom. The van der Waals surface area contributed by atoms with Gasteiger partial charge in [-0.25, -0.2) is 0 Å². The third kappa shape index (κ3) is 2.36. The SMILES string of the molecule is CNCC1(c2ccccc2Cl)CC(C(C)C)C1. The number of hydrogen-bond donors (Lipinski definition) is 1. The number of likely N-dealkylation sites (N-methyl/N-ethyl adjacent to an activating group) is 1. The highest BCUT2D eigenvalue weighted by Gasteiger charge is 2.46. The Bertz CT molecular complexity index is 380. The van der Waals surface area contributed by atoms with E-state index in [9.17, 15) is 0 Å². The van der Waals surface area contributed by atoms with Crippen molar-refractivity contribution in [1.29, 1.82) is 0 Å². The van der Waals surface area contributed by atoms with E-state index >= 15 is 0 Å². The molecule has 0 saturated heterocycles. The van der Waals surface area contributed by atoms with Crippen LogP contribution in [-0.4, -0.2) is 13.6 Å². The molecule has 0 spiro atoms. The second-order valence-electron chi connectivity index (χ2n) is 5.70. The Kier molecular flexibility index (Phi) is 3.79. The molecule has 0 aromatic heterocycles. The maximum Gasteiger partial charge on any atom is 0.0444 e. The van der Waals surface area contributed by atoms with E-state index in [0.717, 1.165) is 23.4 Å². The van der Waals surface area contributed by atoms with Crippen LogP contribution >= 0.6 is 11.6 Å². The molecule has 1 aliphatic rings. The molecular formula is C15H22ClN. The van der Waals surface area contributed by atoms with Crippen LogP contribution in [0.5, 0.6) is 0 Å². The highest BCUT2D eigenvalue weighted by molar-refractivity contribution is 6.31. The predicted octanol–water partition coefficient (Wildman–Crippen LogP) is 3.86. The minimum absolute atomic E-state index is 0.266. The first-order valence-electron chi connectivity index (χ1n) is 6.49. The Morgan fingerprint density at radius 1 is 1.35 bits per heavy atom. The molecule has 94 valence electrons. The molecular weight excluding hydrogens is 230 g/mol. The van der Waals surface area contributed by atoms with E-state index in [4.69, 9.17) is 11.6 Å². The Hall–Kier alpha value is -0.530. The predicted molar refractivity (Wildman–Crippen MR) is 74.6 cm³/mol. The summed E-state index contributed by atoms with van der Waals surface area (Å²) in [4.78, 5) is 0. The summed E-state index contributed by atoms with van der Waals surface area (Å²) >= 11 is 6.36. The first-order valence-corrected chi connectivity index (χ1v) is 6.86. The molecule has 0 amide bonds. The number of hydrogen-bond acceptors (Lipinski definition) is 1. The van der Waals surface area contributed by atoms with Gasteiger partial charge in [0.2, 0.25) is 0 Å². The van der Waals surface area contributed by atoms with Crippen molar-refractivity contribution in [2.24, 2.45) is 11.8 Å². The third-order valence-electron chi connectivity index (χ3n) is 4.21. The topological polar surface area (TPSA) is 12.0 Å². The lowest BCUT2D eigenvalue weighted by Gasteiger charge is -2.50. The van der Waals surface area contributed by atoms with Gasteiger partial charge in [-0.3, -0.25) is 0 Å². The zero-order chi connectivity index (χ0) is 12.5. The van der Waals surface area contributed by atoms with Crippen molar-refractivity contribution in [1.82, 2.24) is 5.32 Å². The van der Waals surface area contributed by atoms with Gasteiger partial charge in [0.05, 0.1) is 0 Å². The molecule has 2 rings (SSSR count). The molecule has 0 radical (unpaired) electrons. The van der Waals surface area contributed by atoms with Gasteiger partial charge in [0.15, 0.2) is 0 Å². The molecule has 0 atom stereocenters. The molecule has 2 heteroatoms. The van der Waals surface area contributed by atoms with E-state index in [1.165, 1.54) is 18.4 Å². The van der Waals surface area contributed by atoms with Crippen molar-refractivity contribution in [2.45, 2.75) is 32.1 Å². The lowest BCUT2D eigenvalue weighted by Crippen LogP contribution is -2.49. The number of rotatable bonds is 4. The van der Waals surface area contributed by atoms with Gasteiger partial charge >= 0.3 is 0 Å². The Morgan fingerprint density at radius 2 is 2.00 bits per heavy atom. The fraction of sp³-hybridized carbons (Fsp3) is 0.600. The highest BCUT2D eigenvalue weighted by Crippen LogP contribution is 2.51. The quantitative estimate of drug-likeness (QED) is 0.857. The van der Waals surface area contributed by atoms with Crippen LogP contribution in [0.4, 0.5) is 0 Å². The normalized spacial score (nSPS) is 28.2. The second-order valence-corrected chi connectivity index (χ2v) is 6.11. The average Bonchev–Trinajstić information content (AvgIpc) is 2.23. The van der Waals surface area contributed by atoms with E-state index < -0.39 is 0 Å². The largest absolute Gasteiger partial charge is 0.319 e. The van der Waals surface area contributed by atoms with Gasteiger partial charge in [0.1, 0.15) is 0 Å². The fourth-order valence-corrected chi connectivity index (χ4v) is 3.44. The van der Waals surface area contributed by atoms with E-state index in [1.807, 2.05) is 19.2 Å². The van der Waals surface area contributed by atoms with E-state index in [2.05, 4.69) is 31.3 Å². The molecule has 1 saturated carbocycles. The van der Waals surface area contributed by atoms with Gasteiger partial charge in [0.25, 0.3) is 0 Å². The highest BCUT2D eigenvalue weighted by atomic mass is 35.5. The second kappa shape index (κ2) is 4.99. The number of nitrogens with one attached hydrogen (secondary N) is 1. The van der Waals surface area contributed by atoms with Crippen LogP contribution < -0.4 is 5.32 Å². The summed E-state index contributed by atoms with van der Waals surface area (Å²) < 4.78 is 0. The van der Waals surface area contributed by atoms with Crippen molar-refractivity contribution >= 4 is 11.6 Å². The monoisotopic (exact) mass is 251 g/mol. The molecule has 1 aromatic rings. The van der Waals surface area contributed by atoms with Gasteiger partial charge in [-0.05, 0) is 43.4 Å². The molecule has 17 heavy (non-hydrogen) atoms. The molecule has 1 fully saturated rings. The molecule has 0 heterocycles. The molecule has 0 aliphatic heterocycles. The molecule has 1 N–H and O–H groups in total.